The molecule has 0 saturated carbocycles. The minimum absolute atomic E-state index is 0.184. The van der Waals surface area contributed by atoms with E-state index in [2.05, 4.69) is 15.3 Å². The first-order valence-electron chi connectivity index (χ1n) is 8.70. The predicted molar refractivity (Wildman–Crippen MR) is 101 cm³/mol. The lowest BCUT2D eigenvalue weighted by atomic mass is 10.1. The first kappa shape index (κ1) is 18.6. The van der Waals surface area contributed by atoms with Crippen molar-refractivity contribution >= 4 is 21.4 Å². The van der Waals surface area contributed by atoms with Crippen LogP contribution < -0.4 is 5.32 Å². The van der Waals surface area contributed by atoms with E-state index < -0.39 is 9.84 Å². The second-order valence-corrected chi connectivity index (χ2v) is 9.19. The summed E-state index contributed by atoms with van der Waals surface area (Å²) in [6.45, 7) is 5.75. The molecule has 0 atom stereocenters. The van der Waals surface area contributed by atoms with Crippen molar-refractivity contribution in [1.82, 2.24) is 14.7 Å². The third kappa shape index (κ3) is 4.70. The fraction of sp³-hybridized carbons (Fsp3) is 0.444. The number of rotatable bonds is 5. The summed E-state index contributed by atoms with van der Waals surface area (Å²) in [7, 11) is -2.88. The van der Waals surface area contributed by atoms with Crippen LogP contribution in [0.4, 0.5) is 5.69 Å². The summed E-state index contributed by atoms with van der Waals surface area (Å²) in [5, 5.41) is 7.08. The van der Waals surface area contributed by atoms with Gasteiger partial charge < -0.3 is 5.32 Å². The number of nitrogens with zero attached hydrogens (tertiary/aromatic N) is 3. The van der Waals surface area contributed by atoms with Gasteiger partial charge in [-0.05, 0) is 31.5 Å². The van der Waals surface area contributed by atoms with Gasteiger partial charge in [-0.3, -0.25) is 14.4 Å². The summed E-state index contributed by atoms with van der Waals surface area (Å²) in [6, 6.07) is 7.66. The third-order valence-electron chi connectivity index (χ3n) is 4.42. The number of aromatic nitrogens is 2. The Hall–Kier alpha value is -2.19. The maximum Gasteiger partial charge on any atom is 0.255 e. The molecule has 1 aromatic heterocycles. The molecule has 1 fully saturated rings. The quantitative estimate of drug-likeness (QED) is 0.862. The van der Waals surface area contributed by atoms with Crippen molar-refractivity contribution in [1.29, 1.82) is 0 Å². The number of nitrogens with one attached hydrogen (secondary N) is 1. The van der Waals surface area contributed by atoms with Crippen LogP contribution in [0.25, 0.3) is 0 Å². The standard InChI is InChI=1S/C18H24N4O3S/c1-14(2)22-13-17(11-19-22)20-18(23)16-5-3-4-15(10-16)12-21-6-8-26(24,25)9-7-21/h3-5,10-11,13-14H,6-9,12H2,1-2H3,(H,20,23). The third-order valence-corrected chi connectivity index (χ3v) is 6.03. The molecule has 1 saturated heterocycles. The monoisotopic (exact) mass is 376 g/mol. The van der Waals surface area contributed by atoms with Gasteiger partial charge in [0.15, 0.2) is 9.84 Å². The van der Waals surface area contributed by atoms with E-state index in [0.717, 1.165) is 5.56 Å². The zero-order valence-electron chi connectivity index (χ0n) is 15.1. The molecule has 1 aromatic carbocycles. The average Bonchev–Trinajstić information content (AvgIpc) is 3.06. The lowest BCUT2D eigenvalue weighted by Crippen LogP contribution is -2.39. The number of sulfone groups is 1. The Morgan fingerprint density at radius 2 is 2.00 bits per heavy atom. The van der Waals surface area contributed by atoms with Gasteiger partial charge in [0.2, 0.25) is 0 Å². The Morgan fingerprint density at radius 1 is 1.27 bits per heavy atom. The number of benzene rings is 1. The van der Waals surface area contributed by atoms with Crippen LogP contribution in [0, 0.1) is 0 Å². The van der Waals surface area contributed by atoms with Gasteiger partial charge in [0.05, 0.1) is 23.4 Å². The molecule has 2 heterocycles. The number of hydrogen-bond donors (Lipinski definition) is 1. The molecule has 2 aromatic rings. The summed E-state index contributed by atoms with van der Waals surface area (Å²) >= 11 is 0. The first-order valence-corrected chi connectivity index (χ1v) is 10.5. The summed E-state index contributed by atoms with van der Waals surface area (Å²) in [5.74, 6) is 0.219. The SMILES string of the molecule is CC(C)n1cc(NC(=O)c2cccc(CN3CCS(=O)(=O)CC3)c2)cn1. The summed E-state index contributed by atoms with van der Waals surface area (Å²) < 4.78 is 24.8. The number of hydrogen-bond acceptors (Lipinski definition) is 5. The number of amides is 1. The summed E-state index contributed by atoms with van der Waals surface area (Å²) in [5.41, 5.74) is 2.23. The van der Waals surface area contributed by atoms with Crippen molar-refractivity contribution < 1.29 is 13.2 Å². The highest BCUT2D eigenvalue weighted by atomic mass is 32.2. The second-order valence-electron chi connectivity index (χ2n) is 6.89. The Labute approximate surface area is 153 Å². The van der Waals surface area contributed by atoms with Gasteiger partial charge >= 0.3 is 0 Å². The van der Waals surface area contributed by atoms with Crippen LogP contribution in [-0.2, 0) is 16.4 Å². The van der Waals surface area contributed by atoms with Gasteiger partial charge in [-0.2, -0.15) is 5.10 Å². The van der Waals surface area contributed by atoms with E-state index >= 15 is 0 Å². The molecule has 0 aliphatic carbocycles. The first-order chi connectivity index (χ1) is 12.3. The minimum atomic E-state index is -2.88. The summed E-state index contributed by atoms with van der Waals surface area (Å²) in [6.07, 6.45) is 3.44. The number of anilines is 1. The van der Waals surface area contributed by atoms with Crippen LogP contribution >= 0.6 is 0 Å². The largest absolute Gasteiger partial charge is 0.319 e. The molecule has 0 radical (unpaired) electrons. The molecule has 1 N–H and O–H groups in total. The van der Waals surface area contributed by atoms with Gasteiger partial charge in [0, 0.05) is 37.4 Å². The second kappa shape index (κ2) is 7.59. The Balaban J connectivity index is 1.63. The van der Waals surface area contributed by atoms with E-state index in [1.54, 1.807) is 23.1 Å². The number of carbonyl (C=O) groups is 1. The van der Waals surface area contributed by atoms with Crippen LogP contribution in [-0.4, -0.2) is 53.6 Å². The van der Waals surface area contributed by atoms with Gasteiger partial charge in [0.1, 0.15) is 0 Å². The molecule has 0 bridgehead atoms. The smallest absolute Gasteiger partial charge is 0.255 e. The number of carbonyl (C=O) groups excluding carboxylic acids is 1. The predicted octanol–water partition coefficient (Wildman–Crippen LogP) is 1.95. The van der Waals surface area contributed by atoms with E-state index in [0.29, 0.717) is 30.9 Å². The topological polar surface area (TPSA) is 84.3 Å². The highest BCUT2D eigenvalue weighted by Gasteiger charge is 2.21. The van der Waals surface area contributed by atoms with Gasteiger partial charge in [-0.15, -0.1) is 0 Å². The van der Waals surface area contributed by atoms with Crippen molar-refractivity contribution in [2.24, 2.45) is 0 Å². The van der Waals surface area contributed by atoms with E-state index in [4.69, 9.17) is 0 Å². The molecule has 1 amide bonds. The van der Waals surface area contributed by atoms with Crippen molar-refractivity contribution in [2.45, 2.75) is 26.4 Å². The van der Waals surface area contributed by atoms with Gasteiger partial charge in [-0.25, -0.2) is 8.42 Å². The molecule has 26 heavy (non-hydrogen) atoms. The highest BCUT2D eigenvalue weighted by molar-refractivity contribution is 7.91. The molecule has 7 nitrogen and oxygen atoms in total. The molecule has 0 unspecified atom stereocenters. The molecule has 0 spiro atoms. The Bertz CT molecular complexity index is 875. The van der Waals surface area contributed by atoms with Crippen LogP contribution in [0.3, 0.4) is 0 Å². The maximum atomic E-state index is 12.5. The van der Waals surface area contributed by atoms with Crippen molar-refractivity contribution in [3.8, 4) is 0 Å². The molecule has 3 rings (SSSR count). The molecule has 1 aliphatic rings. The van der Waals surface area contributed by atoms with Crippen molar-refractivity contribution in [3.05, 3.63) is 47.8 Å². The van der Waals surface area contributed by atoms with Gasteiger partial charge in [-0.1, -0.05) is 12.1 Å². The fourth-order valence-electron chi connectivity index (χ4n) is 2.87. The van der Waals surface area contributed by atoms with E-state index in [1.807, 2.05) is 32.0 Å². The molecule has 140 valence electrons. The van der Waals surface area contributed by atoms with Crippen LogP contribution in [0.5, 0.6) is 0 Å². The van der Waals surface area contributed by atoms with E-state index in [-0.39, 0.29) is 23.5 Å². The van der Waals surface area contributed by atoms with E-state index in [9.17, 15) is 13.2 Å². The molecule has 8 heteroatoms. The maximum absolute atomic E-state index is 12.5. The van der Waals surface area contributed by atoms with Gasteiger partial charge in [0.25, 0.3) is 5.91 Å². The highest BCUT2D eigenvalue weighted by Crippen LogP contribution is 2.14. The normalized spacial score (nSPS) is 17.3. The molecule has 1 aliphatic heterocycles. The van der Waals surface area contributed by atoms with Crippen molar-refractivity contribution in [3.63, 3.8) is 0 Å². The van der Waals surface area contributed by atoms with Crippen LogP contribution in [0.1, 0.15) is 35.8 Å². The van der Waals surface area contributed by atoms with Crippen molar-refractivity contribution in [2.75, 3.05) is 29.9 Å². The Kier molecular flexibility index (Phi) is 5.43. The van der Waals surface area contributed by atoms with Crippen LogP contribution in [0.2, 0.25) is 0 Å². The van der Waals surface area contributed by atoms with Crippen LogP contribution in [0.15, 0.2) is 36.7 Å². The Morgan fingerprint density at radius 3 is 2.65 bits per heavy atom. The lowest BCUT2D eigenvalue weighted by Gasteiger charge is -2.26. The lowest BCUT2D eigenvalue weighted by molar-refractivity contribution is 0.102. The fourth-order valence-corrected chi connectivity index (χ4v) is 4.14. The molecular weight excluding hydrogens is 352 g/mol. The molecular formula is C18H24N4O3S. The zero-order chi connectivity index (χ0) is 18.7. The zero-order valence-corrected chi connectivity index (χ0v) is 15.9. The minimum Gasteiger partial charge on any atom is -0.319 e. The van der Waals surface area contributed by atoms with E-state index in [1.165, 1.54) is 0 Å². The summed E-state index contributed by atoms with van der Waals surface area (Å²) in [4.78, 5) is 14.6. The average molecular weight is 376 g/mol.